The number of hydrogen-bond acceptors (Lipinski definition) is 4. The zero-order valence-electron chi connectivity index (χ0n) is 16.1. The Kier molecular flexibility index (Phi) is 4.94. The third-order valence-corrected chi connectivity index (χ3v) is 6.47. The molecule has 0 unspecified atom stereocenters. The first-order valence-electron chi connectivity index (χ1n) is 9.15. The Morgan fingerprint density at radius 3 is 2.07 bits per heavy atom. The molecular formula is C23H20N2O3S. The summed E-state index contributed by atoms with van der Waals surface area (Å²) in [5, 5.41) is 0. The van der Waals surface area contributed by atoms with E-state index in [1.54, 1.807) is 60.8 Å². The molecule has 0 bridgehead atoms. The maximum atomic E-state index is 12.7. The van der Waals surface area contributed by atoms with Gasteiger partial charge in [-0.15, -0.1) is 0 Å². The number of nitrogens with zero attached hydrogens (tertiary/aromatic N) is 2. The first-order chi connectivity index (χ1) is 14.0. The van der Waals surface area contributed by atoms with E-state index in [0.717, 1.165) is 16.8 Å². The lowest BCUT2D eigenvalue weighted by Gasteiger charge is -2.14. The second kappa shape index (κ2) is 7.56. The maximum absolute atomic E-state index is 12.7. The van der Waals surface area contributed by atoms with Gasteiger partial charge in [-0.2, -0.15) is 0 Å². The lowest BCUT2D eigenvalue weighted by Crippen LogP contribution is -2.03. The van der Waals surface area contributed by atoms with Gasteiger partial charge in [0, 0.05) is 12.4 Å². The molecule has 1 aromatic heterocycles. The first kappa shape index (κ1) is 19.0. The van der Waals surface area contributed by atoms with Gasteiger partial charge in [-0.1, -0.05) is 36.4 Å². The van der Waals surface area contributed by atoms with Crippen molar-refractivity contribution in [2.75, 3.05) is 0 Å². The lowest BCUT2D eigenvalue weighted by atomic mass is 10.1. The summed E-state index contributed by atoms with van der Waals surface area (Å²) in [6.07, 6.45) is 3.52. The van der Waals surface area contributed by atoms with E-state index >= 15 is 0 Å². The Bertz CT molecular complexity index is 1220. The Balaban J connectivity index is 1.63. The molecule has 0 aliphatic heterocycles. The molecule has 1 heterocycles. The number of hydrogen-bond donors (Lipinski definition) is 0. The zero-order chi connectivity index (χ0) is 20.4. The van der Waals surface area contributed by atoms with Crippen molar-refractivity contribution in [1.29, 1.82) is 0 Å². The molecule has 0 aliphatic rings. The zero-order valence-corrected chi connectivity index (χ0v) is 16.9. The highest BCUT2D eigenvalue weighted by Gasteiger charge is 2.17. The van der Waals surface area contributed by atoms with Crippen molar-refractivity contribution in [1.82, 2.24) is 9.55 Å². The van der Waals surface area contributed by atoms with Crippen molar-refractivity contribution in [2.45, 2.75) is 23.6 Å². The maximum Gasteiger partial charge on any atom is 0.306 e. The Morgan fingerprint density at radius 1 is 0.793 bits per heavy atom. The highest BCUT2D eigenvalue weighted by Crippen LogP contribution is 2.28. The lowest BCUT2D eigenvalue weighted by molar-refractivity contribution is 0.434. The number of imidazole rings is 1. The average molecular weight is 404 g/mol. The minimum atomic E-state index is -3.56. The second-order valence-corrected chi connectivity index (χ2v) is 8.66. The number of rotatable bonds is 5. The monoisotopic (exact) mass is 404 g/mol. The standard InChI is InChI=1S/C23H20N2O3S/c1-17-7-6-8-18(2)22(17)25-16-15-24-23(25)28-19-11-13-21(14-12-19)29(26,27)20-9-4-3-5-10-20/h3-16H,1-2H3. The number of ether oxygens (including phenoxy) is 1. The molecule has 0 saturated carbocycles. The summed E-state index contributed by atoms with van der Waals surface area (Å²) >= 11 is 0. The average Bonchev–Trinajstić information content (AvgIpc) is 3.17. The summed E-state index contributed by atoms with van der Waals surface area (Å²) in [6, 6.07) is 21.2. The van der Waals surface area contributed by atoms with Gasteiger partial charge in [-0.25, -0.2) is 13.4 Å². The van der Waals surface area contributed by atoms with E-state index in [4.69, 9.17) is 4.74 Å². The number of benzene rings is 3. The van der Waals surface area contributed by atoms with Gasteiger partial charge in [-0.05, 0) is 61.4 Å². The van der Waals surface area contributed by atoms with Crippen molar-refractivity contribution in [3.63, 3.8) is 0 Å². The predicted octanol–water partition coefficient (Wildman–Crippen LogP) is 5.11. The summed E-state index contributed by atoms with van der Waals surface area (Å²) in [4.78, 5) is 4.79. The molecule has 0 N–H and O–H groups in total. The van der Waals surface area contributed by atoms with Gasteiger partial charge in [-0.3, -0.25) is 4.57 Å². The topological polar surface area (TPSA) is 61.2 Å². The summed E-state index contributed by atoms with van der Waals surface area (Å²) in [5.41, 5.74) is 3.23. The van der Waals surface area contributed by atoms with Crippen molar-refractivity contribution < 1.29 is 13.2 Å². The first-order valence-corrected chi connectivity index (χ1v) is 10.6. The SMILES string of the molecule is Cc1cccc(C)c1-n1ccnc1Oc1ccc(S(=O)(=O)c2ccccc2)cc1. The molecule has 0 fully saturated rings. The minimum absolute atomic E-state index is 0.217. The highest BCUT2D eigenvalue weighted by atomic mass is 32.2. The van der Waals surface area contributed by atoms with Gasteiger partial charge in [0.15, 0.2) is 0 Å². The van der Waals surface area contributed by atoms with Crippen molar-refractivity contribution in [2.24, 2.45) is 0 Å². The fourth-order valence-electron chi connectivity index (χ4n) is 3.25. The summed E-state index contributed by atoms with van der Waals surface area (Å²) in [5.74, 6) is 0.510. The molecule has 3 aromatic carbocycles. The van der Waals surface area contributed by atoms with E-state index in [2.05, 4.69) is 4.98 Å². The fourth-order valence-corrected chi connectivity index (χ4v) is 4.53. The molecule has 4 rings (SSSR count). The largest absolute Gasteiger partial charge is 0.425 e. The van der Waals surface area contributed by atoms with Gasteiger partial charge in [0.1, 0.15) is 5.75 Å². The van der Waals surface area contributed by atoms with Crippen LogP contribution in [0, 0.1) is 13.8 Å². The molecule has 6 heteroatoms. The summed E-state index contributed by atoms with van der Waals surface area (Å²) in [7, 11) is -3.56. The highest BCUT2D eigenvalue weighted by molar-refractivity contribution is 7.91. The van der Waals surface area contributed by atoms with E-state index in [9.17, 15) is 8.42 Å². The van der Waals surface area contributed by atoms with Crippen LogP contribution in [0.1, 0.15) is 11.1 Å². The number of sulfone groups is 1. The van der Waals surface area contributed by atoms with Gasteiger partial charge in [0.2, 0.25) is 9.84 Å². The van der Waals surface area contributed by atoms with Crippen LogP contribution in [-0.4, -0.2) is 18.0 Å². The summed E-state index contributed by atoms with van der Waals surface area (Å²) < 4.78 is 33.3. The molecule has 0 aliphatic carbocycles. The molecule has 29 heavy (non-hydrogen) atoms. The predicted molar refractivity (Wildman–Crippen MR) is 111 cm³/mol. The van der Waals surface area contributed by atoms with Crippen LogP contribution in [0.3, 0.4) is 0 Å². The molecule has 0 atom stereocenters. The van der Waals surface area contributed by atoms with Crippen molar-refractivity contribution in [3.05, 3.63) is 96.3 Å². The molecule has 5 nitrogen and oxygen atoms in total. The molecule has 0 amide bonds. The minimum Gasteiger partial charge on any atom is -0.425 e. The van der Waals surface area contributed by atoms with E-state index < -0.39 is 9.84 Å². The molecule has 0 saturated heterocycles. The number of aryl methyl sites for hydroxylation is 2. The van der Waals surface area contributed by atoms with Crippen LogP contribution in [-0.2, 0) is 9.84 Å². The van der Waals surface area contributed by atoms with E-state index in [0.29, 0.717) is 11.8 Å². The third kappa shape index (κ3) is 3.67. The van der Waals surface area contributed by atoms with Crippen molar-refractivity contribution >= 4 is 9.84 Å². The van der Waals surface area contributed by atoms with Crippen LogP contribution >= 0.6 is 0 Å². The molecule has 4 aromatic rings. The van der Waals surface area contributed by atoms with E-state index in [1.165, 1.54) is 0 Å². The van der Waals surface area contributed by atoms with Gasteiger partial charge < -0.3 is 4.74 Å². The second-order valence-electron chi connectivity index (χ2n) is 6.71. The van der Waals surface area contributed by atoms with Crippen LogP contribution in [0.25, 0.3) is 5.69 Å². The Morgan fingerprint density at radius 2 is 1.41 bits per heavy atom. The third-order valence-electron chi connectivity index (χ3n) is 4.68. The van der Waals surface area contributed by atoms with Crippen LogP contribution in [0.2, 0.25) is 0 Å². The fraction of sp³-hybridized carbons (Fsp3) is 0.0870. The Labute approximate surface area is 170 Å². The molecular weight excluding hydrogens is 384 g/mol. The molecule has 0 spiro atoms. The Hall–Kier alpha value is -3.38. The van der Waals surface area contributed by atoms with Gasteiger partial charge >= 0.3 is 6.01 Å². The van der Waals surface area contributed by atoms with Gasteiger partial charge in [0.25, 0.3) is 0 Å². The van der Waals surface area contributed by atoms with Crippen LogP contribution < -0.4 is 4.74 Å². The van der Waals surface area contributed by atoms with E-state index in [1.807, 2.05) is 42.8 Å². The van der Waals surface area contributed by atoms with E-state index in [-0.39, 0.29) is 9.79 Å². The molecule has 146 valence electrons. The van der Waals surface area contributed by atoms with Crippen LogP contribution in [0.4, 0.5) is 0 Å². The van der Waals surface area contributed by atoms with Crippen LogP contribution in [0.15, 0.2) is 95.0 Å². The number of para-hydroxylation sites is 1. The van der Waals surface area contributed by atoms with Gasteiger partial charge in [0.05, 0.1) is 15.5 Å². The van der Waals surface area contributed by atoms with Crippen molar-refractivity contribution in [3.8, 4) is 17.4 Å². The van der Waals surface area contributed by atoms with Crippen LogP contribution in [0.5, 0.6) is 11.8 Å². The normalized spacial score (nSPS) is 11.4. The smallest absolute Gasteiger partial charge is 0.306 e. The molecule has 0 radical (unpaired) electrons. The summed E-state index contributed by atoms with van der Waals surface area (Å²) in [6.45, 7) is 4.07. The quantitative estimate of drug-likeness (QED) is 0.463. The number of aromatic nitrogens is 2.